The number of aromatic nitrogens is 3. The molecule has 0 spiro atoms. The molecule has 0 amide bonds. The standard InChI is InChI=1S/C18H18N4/c1-13-6-8-14(9-7-13)17-10-18(22-12-19-11-20-22)15-4-2-3-5-16(15)21-17/h2-9,11-12,17-18,21H,10H2,1H3. The molecule has 1 aliphatic rings. The molecule has 4 nitrogen and oxygen atoms in total. The predicted octanol–water partition coefficient (Wildman–Crippen LogP) is 3.73. The molecule has 0 bridgehead atoms. The summed E-state index contributed by atoms with van der Waals surface area (Å²) in [5, 5.41) is 8.02. The maximum atomic E-state index is 4.36. The molecule has 0 saturated carbocycles. The first-order valence-electron chi connectivity index (χ1n) is 7.57. The summed E-state index contributed by atoms with van der Waals surface area (Å²) in [6, 6.07) is 17.7. The second-order valence-electron chi connectivity index (χ2n) is 5.82. The van der Waals surface area contributed by atoms with Crippen LogP contribution in [-0.2, 0) is 0 Å². The second-order valence-corrected chi connectivity index (χ2v) is 5.82. The Morgan fingerprint density at radius 3 is 2.68 bits per heavy atom. The molecular weight excluding hydrogens is 272 g/mol. The third kappa shape index (κ3) is 2.26. The molecule has 2 atom stereocenters. The Bertz CT molecular complexity index is 762. The summed E-state index contributed by atoms with van der Waals surface area (Å²) in [5.74, 6) is 0. The van der Waals surface area contributed by atoms with Gasteiger partial charge in [-0.15, -0.1) is 0 Å². The zero-order chi connectivity index (χ0) is 14.9. The van der Waals surface area contributed by atoms with Gasteiger partial charge in [-0.1, -0.05) is 48.0 Å². The Labute approximate surface area is 129 Å². The molecule has 0 aliphatic carbocycles. The van der Waals surface area contributed by atoms with Crippen molar-refractivity contribution < 1.29 is 0 Å². The van der Waals surface area contributed by atoms with Crippen molar-refractivity contribution in [3.63, 3.8) is 0 Å². The summed E-state index contributed by atoms with van der Waals surface area (Å²) in [6.45, 7) is 2.12. The van der Waals surface area contributed by atoms with Crippen LogP contribution in [0, 0.1) is 6.92 Å². The molecule has 4 rings (SSSR count). The number of nitrogens with zero attached hydrogens (tertiary/aromatic N) is 3. The number of para-hydroxylation sites is 1. The minimum atomic E-state index is 0.214. The molecule has 2 unspecified atom stereocenters. The number of aryl methyl sites for hydroxylation is 1. The van der Waals surface area contributed by atoms with Gasteiger partial charge in [-0.05, 0) is 30.5 Å². The lowest BCUT2D eigenvalue weighted by atomic mass is 9.89. The Balaban J connectivity index is 1.75. The third-order valence-corrected chi connectivity index (χ3v) is 4.34. The predicted molar refractivity (Wildman–Crippen MR) is 86.8 cm³/mol. The van der Waals surface area contributed by atoms with E-state index in [2.05, 4.69) is 70.9 Å². The highest BCUT2D eigenvalue weighted by Crippen LogP contribution is 2.40. The molecule has 0 saturated heterocycles. The van der Waals surface area contributed by atoms with Crippen LogP contribution < -0.4 is 5.32 Å². The van der Waals surface area contributed by atoms with Crippen LogP contribution in [0.25, 0.3) is 0 Å². The van der Waals surface area contributed by atoms with E-state index in [1.165, 1.54) is 22.4 Å². The van der Waals surface area contributed by atoms with Gasteiger partial charge < -0.3 is 5.32 Å². The Morgan fingerprint density at radius 1 is 1.09 bits per heavy atom. The minimum absolute atomic E-state index is 0.214. The van der Waals surface area contributed by atoms with Gasteiger partial charge in [-0.3, -0.25) is 0 Å². The van der Waals surface area contributed by atoms with Gasteiger partial charge in [0, 0.05) is 5.69 Å². The van der Waals surface area contributed by atoms with Gasteiger partial charge in [0.2, 0.25) is 0 Å². The van der Waals surface area contributed by atoms with Gasteiger partial charge in [0.1, 0.15) is 12.7 Å². The first-order chi connectivity index (χ1) is 10.8. The Morgan fingerprint density at radius 2 is 1.91 bits per heavy atom. The molecule has 0 fully saturated rings. The molecule has 22 heavy (non-hydrogen) atoms. The highest BCUT2D eigenvalue weighted by atomic mass is 15.3. The van der Waals surface area contributed by atoms with Crippen molar-refractivity contribution in [2.24, 2.45) is 0 Å². The Hall–Kier alpha value is -2.62. The normalized spacial score (nSPS) is 20.2. The molecule has 1 aromatic heterocycles. The maximum Gasteiger partial charge on any atom is 0.137 e. The van der Waals surface area contributed by atoms with Crippen LogP contribution in [0.15, 0.2) is 61.2 Å². The highest BCUT2D eigenvalue weighted by molar-refractivity contribution is 5.56. The van der Waals surface area contributed by atoms with Gasteiger partial charge in [-0.2, -0.15) is 5.10 Å². The van der Waals surface area contributed by atoms with Crippen molar-refractivity contribution in [1.29, 1.82) is 0 Å². The smallest absolute Gasteiger partial charge is 0.137 e. The SMILES string of the molecule is Cc1ccc(C2CC(n3cncn3)c3ccccc3N2)cc1. The van der Waals surface area contributed by atoms with Gasteiger partial charge >= 0.3 is 0 Å². The van der Waals surface area contributed by atoms with Crippen LogP contribution in [0.5, 0.6) is 0 Å². The maximum absolute atomic E-state index is 4.36. The number of hydrogen-bond donors (Lipinski definition) is 1. The number of benzene rings is 2. The molecule has 4 heteroatoms. The number of nitrogens with one attached hydrogen (secondary N) is 1. The molecule has 1 aliphatic heterocycles. The van der Waals surface area contributed by atoms with Gasteiger partial charge in [0.25, 0.3) is 0 Å². The zero-order valence-corrected chi connectivity index (χ0v) is 12.5. The average Bonchev–Trinajstić information content (AvgIpc) is 3.09. The molecule has 1 N–H and O–H groups in total. The van der Waals surface area contributed by atoms with E-state index in [1.807, 2.05) is 4.68 Å². The van der Waals surface area contributed by atoms with Crippen LogP contribution in [0.1, 0.15) is 35.2 Å². The first kappa shape index (κ1) is 13.1. The Kier molecular flexibility index (Phi) is 3.15. The summed E-state index contributed by atoms with van der Waals surface area (Å²) >= 11 is 0. The number of hydrogen-bond acceptors (Lipinski definition) is 3. The summed E-state index contributed by atoms with van der Waals surface area (Å²) in [7, 11) is 0. The first-order valence-corrected chi connectivity index (χ1v) is 7.57. The molecule has 110 valence electrons. The topological polar surface area (TPSA) is 42.7 Å². The lowest BCUT2D eigenvalue weighted by Gasteiger charge is -2.33. The molecule has 2 aromatic carbocycles. The van der Waals surface area contributed by atoms with E-state index in [4.69, 9.17) is 0 Å². The quantitative estimate of drug-likeness (QED) is 0.782. The number of fused-ring (bicyclic) bond motifs is 1. The average molecular weight is 290 g/mol. The van der Waals surface area contributed by atoms with Crippen LogP contribution in [0.4, 0.5) is 5.69 Å². The van der Waals surface area contributed by atoms with E-state index in [0.29, 0.717) is 0 Å². The monoisotopic (exact) mass is 290 g/mol. The largest absolute Gasteiger partial charge is 0.378 e. The van der Waals surface area contributed by atoms with Crippen LogP contribution in [0.2, 0.25) is 0 Å². The molecular formula is C18H18N4. The second kappa shape index (κ2) is 5.30. The number of rotatable bonds is 2. The lowest BCUT2D eigenvalue weighted by molar-refractivity contribution is 0.446. The van der Waals surface area contributed by atoms with E-state index >= 15 is 0 Å². The van der Waals surface area contributed by atoms with Crippen molar-refractivity contribution in [3.05, 3.63) is 77.9 Å². The van der Waals surface area contributed by atoms with Gasteiger partial charge in [0.05, 0.1) is 12.1 Å². The van der Waals surface area contributed by atoms with Crippen LogP contribution in [-0.4, -0.2) is 14.8 Å². The fourth-order valence-corrected chi connectivity index (χ4v) is 3.16. The minimum Gasteiger partial charge on any atom is -0.378 e. The summed E-state index contributed by atoms with van der Waals surface area (Å²) < 4.78 is 1.96. The van der Waals surface area contributed by atoms with E-state index in [1.54, 1.807) is 12.7 Å². The van der Waals surface area contributed by atoms with Gasteiger partial charge in [-0.25, -0.2) is 9.67 Å². The van der Waals surface area contributed by atoms with Crippen molar-refractivity contribution in [3.8, 4) is 0 Å². The van der Waals surface area contributed by atoms with Crippen molar-refractivity contribution >= 4 is 5.69 Å². The van der Waals surface area contributed by atoms with Crippen molar-refractivity contribution in [2.45, 2.75) is 25.4 Å². The van der Waals surface area contributed by atoms with Gasteiger partial charge in [0.15, 0.2) is 0 Å². The molecule has 2 heterocycles. The fraction of sp³-hybridized carbons (Fsp3) is 0.222. The molecule has 0 radical (unpaired) electrons. The number of anilines is 1. The summed E-state index contributed by atoms with van der Waals surface area (Å²) in [5.41, 5.74) is 5.05. The molecule has 3 aromatic rings. The van der Waals surface area contributed by atoms with E-state index in [9.17, 15) is 0 Å². The third-order valence-electron chi connectivity index (χ3n) is 4.34. The van der Waals surface area contributed by atoms with Crippen molar-refractivity contribution in [1.82, 2.24) is 14.8 Å². The summed E-state index contributed by atoms with van der Waals surface area (Å²) in [6.07, 6.45) is 4.37. The van der Waals surface area contributed by atoms with Crippen molar-refractivity contribution in [2.75, 3.05) is 5.32 Å². The highest BCUT2D eigenvalue weighted by Gasteiger charge is 2.28. The van der Waals surface area contributed by atoms with Crippen LogP contribution >= 0.6 is 0 Å². The van der Waals surface area contributed by atoms with Crippen LogP contribution in [0.3, 0.4) is 0 Å². The zero-order valence-electron chi connectivity index (χ0n) is 12.5. The fourth-order valence-electron chi connectivity index (χ4n) is 3.16. The van der Waals surface area contributed by atoms with E-state index < -0.39 is 0 Å². The summed E-state index contributed by atoms with van der Waals surface area (Å²) in [4.78, 5) is 4.11. The van der Waals surface area contributed by atoms with E-state index in [0.717, 1.165) is 6.42 Å². The van der Waals surface area contributed by atoms with E-state index in [-0.39, 0.29) is 12.1 Å². The lowest BCUT2D eigenvalue weighted by Crippen LogP contribution is -2.25.